The molecule has 0 aliphatic carbocycles. The molecule has 0 bridgehead atoms. The van der Waals surface area contributed by atoms with Gasteiger partial charge >= 0.3 is 12.2 Å². The van der Waals surface area contributed by atoms with Gasteiger partial charge in [0.2, 0.25) is 0 Å². The van der Waals surface area contributed by atoms with Crippen LogP contribution in [0.2, 0.25) is 0 Å². The minimum atomic E-state index is -4.67. The van der Waals surface area contributed by atoms with Crippen LogP contribution in [-0.2, 0) is 12.7 Å². The highest BCUT2D eigenvalue weighted by molar-refractivity contribution is 7.98. The zero-order chi connectivity index (χ0) is 26.6. The number of alkyl halides is 3. The number of nitrogens with two attached hydrogens (primary N) is 1. The second-order valence-electron chi connectivity index (χ2n) is 7.99. The van der Waals surface area contributed by atoms with Crippen LogP contribution in [0.25, 0.3) is 16.6 Å². The van der Waals surface area contributed by atoms with E-state index in [9.17, 15) is 22.4 Å². The van der Waals surface area contributed by atoms with E-state index in [0.717, 1.165) is 29.0 Å². The molecule has 0 fully saturated rings. The Morgan fingerprint density at radius 1 is 1.14 bits per heavy atom. The molecule has 4 rings (SSSR count). The van der Waals surface area contributed by atoms with E-state index in [2.05, 4.69) is 26.0 Å². The summed E-state index contributed by atoms with van der Waals surface area (Å²) in [6, 6.07) is 7.65. The van der Waals surface area contributed by atoms with Gasteiger partial charge < -0.3 is 21.7 Å². The van der Waals surface area contributed by atoms with E-state index in [-0.39, 0.29) is 0 Å². The molecule has 2 amide bonds. The summed E-state index contributed by atoms with van der Waals surface area (Å²) < 4.78 is 54.4. The molecule has 2 aromatic heterocycles. The number of fused-ring (bicyclic) bond motifs is 1. The largest absolute Gasteiger partial charge is 0.416 e. The third-order valence-corrected chi connectivity index (χ3v) is 6.06. The first-order chi connectivity index (χ1) is 17.7. The number of hydrogen-bond donors (Lipinski definition) is 4. The summed E-state index contributed by atoms with van der Waals surface area (Å²) in [5.74, 6) is 0.278. The van der Waals surface area contributed by atoms with Crippen LogP contribution in [0.3, 0.4) is 0 Å². The number of carbonyl (C=O) groups is 1. The second kappa shape index (κ2) is 11.0. The first kappa shape index (κ1) is 26.2. The van der Waals surface area contributed by atoms with Crippen molar-refractivity contribution in [3.63, 3.8) is 0 Å². The molecule has 37 heavy (non-hydrogen) atoms. The van der Waals surface area contributed by atoms with Crippen LogP contribution in [0.4, 0.5) is 39.5 Å². The lowest BCUT2D eigenvalue weighted by atomic mass is 10.0. The summed E-state index contributed by atoms with van der Waals surface area (Å²) in [6.07, 6.45) is 0.605. The molecule has 0 aliphatic heterocycles. The van der Waals surface area contributed by atoms with Crippen LogP contribution in [0.1, 0.15) is 11.1 Å². The first-order valence-corrected chi connectivity index (χ1v) is 12.4. The van der Waals surface area contributed by atoms with Gasteiger partial charge in [-0.05, 0) is 47.7 Å². The molecular formula is C24H23F4N7OS. The molecule has 2 heterocycles. The Morgan fingerprint density at radius 3 is 2.59 bits per heavy atom. The predicted molar refractivity (Wildman–Crippen MR) is 137 cm³/mol. The number of amides is 2. The lowest BCUT2D eigenvalue weighted by molar-refractivity contribution is -0.137. The quantitative estimate of drug-likeness (QED) is 0.182. The molecule has 0 spiro atoms. The van der Waals surface area contributed by atoms with Gasteiger partial charge in [0.25, 0.3) is 0 Å². The molecule has 194 valence electrons. The molecule has 8 nitrogen and oxygen atoms in total. The Kier molecular flexibility index (Phi) is 7.83. The van der Waals surface area contributed by atoms with Crippen LogP contribution in [0.15, 0.2) is 55.0 Å². The van der Waals surface area contributed by atoms with Crippen molar-refractivity contribution < 1.29 is 22.4 Å². The number of nitrogen functional groups attached to an aromatic ring is 1. The molecular weight excluding hydrogens is 510 g/mol. The Bertz CT molecular complexity index is 1410. The van der Waals surface area contributed by atoms with Gasteiger partial charge in [0.05, 0.1) is 11.3 Å². The van der Waals surface area contributed by atoms with Gasteiger partial charge in [0.1, 0.15) is 17.7 Å². The van der Waals surface area contributed by atoms with Crippen molar-refractivity contribution in [1.29, 1.82) is 0 Å². The minimum Gasteiger partial charge on any atom is -0.382 e. The number of benzene rings is 2. The standard InChI is InChI=1S/C24H23F4N7OS/c1-37-9-8-30-11-15-12-35-21(22(29)31-13-32-35)20(15)14-2-5-17(6-3-14)33-23(36)34-19-10-16(24(26,27)28)4-7-18(19)25/h2-7,10,12-13,30H,8-9,11H2,1H3,(H2,29,31,32)(H2,33,34,36). The van der Waals surface area contributed by atoms with Gasteiger partial charge in [-0.15, -0.1) is 0 Å². The molecule has 0 atom stereocenters. The van der Waals surface area contributed by atoms with E-state index in [0.29, 0.717) is 41.8 Å². The average molecular weight is 534 g/mol. The van der Waals surface area contributed by atoms with Crippen molar-refractivity contribution in [3.8, 4) is 11.1 Å². The summed E-state index contributed by atoms with van der Waals surface area (Å²) in [7, 11) is 0. The topological polar surface area (TPSA) is 109 Å². The molecule has 0 radical (unpaired) electrons. The monoisotopic (exact) mass is 533 g/mol. The van der Waals surface area contributed by atoms with Crippen molar-refractivity contribution in [3.05, 3.63) is 71.9 Å². The van der Waals surface area contributed by atoms with E-state index in [1.807, 2.05) is 12.5 Å². The third kappa shape index (κ3) is 6.12. The Hall–Kier alpha value is -3.84. The van der Waals surface area contributed by atoms with E-state index >= 15 is 0 Å². The highest BCUT2D eigenvalue weighted by atomic mass is 32.2. The van der Waals surface area contributed by atoms with Gasteiger partial charge in [0.15, 0.2) is 5.82 Å². The van der Waals surface area contributed by atoms with Crippen LogP contribution in [-0.4, -0.2) is 39.2 Å². The Balaban J connectivity index is 1.54. The van der Waals surface area contributed by atoms with Crippen molar-refractivity contribution in [1.82, 2.24) is 19.9 Å². The minimum absolute atomic E-state index is 0.310. The number of carbonyl (C=O) groups excluding carboxylic acids is 1. The molecule has 2 aromatic carbocycles. The molecule has 0 saturated heterocycles. The third-order valence-electron chi connectivity index (χ3n) is 5.45. The molecule has 5 N–H and O–H groups in total. The lowest BCUT2D eigenvalue weighted by Gasteiger charge is -2.12. The fourth-order valence-corrected chi connectivity index (χ4v) is 4.09. The zero-order valence-corrected chi connectivity index (χ0v) is 20.4. The normalized spacial score (nSPS) is 11.6. The molecule has 13 heteroatoms. The predicted octanol–water partition coefficient (Wildman–Crippen LogP) is 5.23. The van der Waals surface area contributed by atoms with Crippen LogP contribution < -0.4 is 21.7 Å². The number of anilines is 3. The number of hydrogen-bond acceptors (Lipinski definition) is 6. The lowest BCUT2D eigenvalue weighted by Crippen LogP contribution is -2.20. The maximum atomic E-state index is 14.0. The number of aromatic nitrogens is 3. The number of nitrogens with one attached hydrogen (secondary N) is 3. The summed E-state index contributed by atoms with van der Waals surface area (Å²) >= 11 is 1.73. The fourth-order valence-electron chi connectivity index (χ4n) is 3.74. The van der Waals surface area contributed by atoms with Crippen LogP contribution in [0, 0.1) is 5.82 Å². The first-order valence-electron chi connectivity index (χ1n) is 11.0. The maximum Gasteiger partial charge on any atom is 0.416 e. The summed E-state index contributed by atoms with van der Waals surface area (Å²) in [6.45, 7) is 1.39. The van der Waals surface area contributed by atoms with E-state index in [1.165, 1.54) is 6.33 Å². The van der Waals surface area contributed by atoms with Crippen LogP contribution >= 0.6 is 11.8 Å². The smallest absolute Gasteiger partial charge is 0.382 e. The van der Waals surface area contributed by atoms with Crippen molar-refractivity contribution >= 4 is 40.5 Å². The van der Waals surface area contributed by atoms with Gasteiger partial charge in [-0.2, -0.15) is 30.0 Å². The van der Waals surface area contributed by atoms with E-state index in [1.54, 1.807) is 40.5 Å². The average Bonchev–Trinajstić information content (AvgIpc) is 3.22. The molecule has 0 aliphatic rings. The summed E-state index contributed by atoms with van der Waals surface area (Å²) in [4.78, 5) is 16.4. The Morgan fingerprint density at radius 2 is 1.89 bits per heavy atom. The Labute approximate surface area is 213 Å². The summed E-state index contributed by atoms with van der Waals surface area (Å²) in [5, 5.41) is 12.2. The van der Waals surface area contributed by atoms with Gasteiger partial charge in [0, 0.05) is 36.3 Å². The molecule has 0 unspecified atom stereocenters. The van der Waals surface area contributed by atoms with Crippen molar-refractivity contribution in [2.75, 3.05) is 34.9 Å². The highest BCUT2D eigenvalue weighted by Crippen LogP contribution is 2.34. The second-order valence-corrected chi connectivity index (χ2v) is 8.97. The van der Waals surface area contributed by atoms with Crippen molar-refractivity contribution in [2.24, 2.45) is 0 Å². The number of thioether (sulfide) groups is 1. The zero-order valence-electron chi connectivity index (χ0n) is 19.6. The van der Waals surface area contributed by atoms with E-state index < -0.39 is 29.3 Å². The van der Waals surface area contributed by atoms with Crippen LogP contribution in [0.5, 0.6) is 0 Å². The summed E-state index contributed by atoms with van der Waals surface area (Å²) in [5.41, 5.74) is 8.04. The van der Waals surface area contributed by atoms with Gasteiger partial charge in [-0.25, -0.2) is 18.7 Å². The fraction of sp³-hybridized carbons (Fsp3) is 0.208. The number of halogens is 4. The molecule has 0 saturated carbocycles. The number of nitrogens with zero attached hydrogens (tertiary/aromatic N) is 3. The molecule has 4 aromatic rings. The van der Waals surface area contributed by atoms with Gasteiger partial charge in [-0.1, -0.05) is 12.1 Å². The SMILES string of the molecule is CSCCNCc1cn2ncnc(N)c2c1-c1ccc(NC(=O)Nc2cc(C(F)(F)F)ccc2F)cc1. The van der Waals surface area contributed by atoms with Gasteiger partial charge in [-0.3, -0.25) is 0 Å². The number of urea groups is 1. The highest BCUT2D eigenvalue weighted by Gasteiger charge is 2.31. The number of rotatable bonds is 8. The maximum absolute atomic E-state index is 14.0. The van der Waals surface area contributed by atoms with Crippen molar-refractivity contribution in [2.45, 2.75) is 12.7 Å². The van der Waals surface area contributed by atoms with E-state index in [4.69, 9.17) is 5.73 Å².